The quantitative estimate of drug-likeness (QED) is 0.925. The van der Waals surface area contributed by atoms with Gasteiger partial charge in [-0.2, -0.15) is 0 Å². The zero-order chi connectivity index (χ0) is 14.9. The molecule has 0 radical (unpaired) electrons. The Hall–Kier alpha value is -1.46. The first-order valence-corrected chi connectivity index (χ1v) is 6.77. The van der Waals surface area contributed by atoms with Crippen molar-refractivity contribution in [3.8, 4) is 5.75 Å². The monoisotopic (exact) mass is 317 g/mol. The lowest BCUT2D eigenvalue weighted by Gasteiger charge is -2.38. The molecular formula is C13H13Cl2NO4. The van der Waals surface area contributed by atoms with E-state index in [0.29, 0.717) is 15.8 Å². The van der Waals surface area contributed by atoms with Gasteiger partial charge in [0.05, 0.1) is 10.9 Å². The number of carboxylic acids is 1. The molecule has 1 amide bonds. The van der Waals surface area contributed by atoms with Gasteiger partial charge in [-0.05, 0) is 25.1 Å². The van der Waals surface area contributed by atoms with Crippen LogP contribution in [-0.4, -0.2) is 41.1 Å². The highest BCUT2D eigenvalue weighted by Gasteiger charge is 2.37. The van der Waals surface area contributed by atoms with Gasteiger partial charge in [0.2, 0.25) is 0 Å². The number of ether oxygens (including phenoxy) is 1. The van der Waals surface area contributed by atoms with Gasteiger partial charge in [-0.3, -0.25) is 9.59 Å². The Balaban J connectivity index is 1.93. The summed E-state index contributed by atoms with van der Waals surface area (Å²) in [6.07, 6.45) is -0.733. The molecule has 1 unspecified atom stereocenters. The van der Waals surface area contributed by atoms with Crippen LogP contribution in [0.5, 0.6) is 5.75 Å². The summed E-state index contributed by atoms with van der Waals surface area (Å²) in [4.78, 5) is 24.2. The number of aliphatic carboxylic acids is 1. The summed E-state index contributed by atoms with van der Waals surface area (Å²) in [7, 11) is 0. The average molecular weight is 318 g/mol. The van der Waals surface area contributed by atoms with Gasteiger partial charge in [0.15, 0.2) is 6.10 Å². The van der Waals surface area contributed by atoms with Crippen LogP contribution in [0.25, 0.3) is 0 Å². The first-order valence-electron chi connectivity index (χ1n) is 6.01. The van der Waals surface area contributed by atoms with E-state index >= 15 is 0 Å². The third-order valence-electron chi connectivity index (χ3n) is 3.09. The number of carbonyl (C=O) groups is 2. The Kier molecular flexibility index (Phi) is 4.40. The summed E-state index contributed by atoms with van der Waals surface area (Å²) in [5.74, 6) is -1.26. The highest BCUT2D eigenvalue weighted by Crippen LogP contribution is 2.29. The van der Waals surface area contributed by atoms with Gasteiger partial charge in [-0.1, -0.05) is 23.2 Å². The second-order valence-corrected chi connectivity index (χ2v) is 5.46. The van der Waals surface area contributed by atoms with Gasteiger partial charge in [0.1, 0.15) is 5.75 Å². The van der Waals surface area contributed by atoms with E-state index in [-0.39, 0.29) is 19.0 Å². The van der Waals surface area contributed by atoms with E-state index in [2.05, 4.69) is 0 Å². The van der Waals surface area contributed by atoms with Crippen LogP contribution in [0.15, 0.2) is 18.2 Å². The van der Waals surface area contributed by atoms with Crippen molar-refractivity contribution in [1.82, 2.24) is 4.90 Å². The highest BCUT2D eigenvalue weighted by molar-refractivity contribution is 6.35. The fraction of sp³-hybridized carbons (Fsp3) is 0.385. The van der Waals surface area contributed by atoms with E-state index < -0.39 is 18.0 Å². The van der Waals surface area contributed by atoms with Crippen LogP contribution in [-0.2, 0) is 9.59 Å². The molecule has 1 aliphatic heterocycles. The molecule has 0 spiro atoms. The SMILES string of the molecule is CC(Oc1ccc(Cl)cc1Cl)C(=O)N1CC(C(=O)O)C1. The Bertz CT molecular complexity index is 543. The van der Waals surface area contributed by atoms with E-state index in [1.807, 2.05) is 0 Å². The number of carboxylic acid groups (broad SMARTS) is 1. The van der Waals surface area contributed by atoms with Gasteiger partial charge >= 0.3 is 5.97 Å². The van der Waals surface area contributed by atoms with E-state index in [4.69, 9.17) is 33.0 Å². The molecule has 0 bridgehead atoms. The molecular weight excluding hydrogens is 305 g/mol. The van der Waals surface area contributed by atoms with Crippen molar-refractivity contribution in [3.63, 3.8) is 0 Å². The number of hydrogen-bond acceptors (Lipinski definition) is 3. The zero-order valence-corrected chi connectivity index (χ0v) is 12.2. The molecule has 1 aliphatic rings. The molecule has 7 heteroatoms. The Morgan fingerprint density at radius 1 is 1.40 bits per heavy atom. The molecule has 1 fully saturated rings. The number of carbonyl (C=O) groups excluding carboxylic acids is 1. The molecule has 1 saturated heterocycles. The molecule has 0 aromatic heterocycles. The molecule has 108 valence electrons. The molecule has 1 aromatic carbocycles. The molecule has 2 rings (SSSR count). The first-order chi connectivity index (χ1) is 9.38. The number of rotatable bonds is 4. The summed E-state index contributed by atoms with van der Waals surface area (Å²) < 4.78 is 5.49. The number of nitrogens with zero attached hydrogens (tertiary/aromatic N) is 1. The van der Waals surface area contributed by atoms with Gasteiger partial charge in [0, 0.05) is 18.1 Å². The lowest BCUT2D eigenvalue weighted by molar-refractivity contribution is -0.155. The lowest BCUT2D eigenvalue weighted by atomic mass is 10.00. The summed E-state index contributed by atoms with van der Waals surface area (Å²) in [5, 5.41) is 9.57. The van der Waals surface area contributed by atoms with Crippen molar-refractivity contribution >= 4 is 35.1 Å². The van der Waals surface area contributed by atoms with Crippen molar-refractivity contribution in [2.75, 3.05) is 13.1 Å². The van der Waals surface area contributed by atoms with Crippen molar-refractivity contribution in [3.05, 3.63) is 28.2 Å². The number of benzene rings is 1. The van der Waals surface area contributed by atoms with Crippen molar-refractivity contribution in [1.29, 1.82) is 0 Å². The third kappa shape index (κ3) is 3.16. The average Bonchev–Trinajstić information content (AvgIpc) is 2.30. The number of likely N-dealkylation sites (tertiary alicyclic amines) is 1. The lowest BCUT2D eigenvalue weighted by Crippen LogP contribution is -2.56. The van der Waals surface area contributed by atoms with Gasteiger partial charge in [-0.25, -0.2) is 0 Å². The molecule has 20 heavy (non-hydrogen) atoms. The van der Waals surface area contributed by atoms with Crippen LogP contribution in [0.3, 0.4) is 0 Å². The van der Waals surface area contributed by atoms with Gasteiger partial charge < -0.3 is 14.7 Å². The second kappa shape index (κ2) is 5.89. The maximum absolute atomic E-state index is 12.0. The minimum Gasteiger partial charge on any atom is -0.481 e. The smallest absolute Gasteiger partial charge is 0.310 e. The highest BCUT2D eigenvalue weighted by atomic mass is 35.5. The summed E-state index contributed by atoms with van der Waals surface area (Å²) >= 11 is 11.7. The van der Waals surface area contributed by atoms with Gasteiger partial charge in [-0.15, -0.1) is 0 Å². The van der Waals surface area contributed by atoms with Crippen molar-refractivity contribution in [2.45, 2.75) is 13.0 Å². The van der Waals surface area contributed by atoms with Crippen molar-refractivity contribution in [2.24, 2.45) is 5.92 Å². The number of hydrogen-bond donors (Lipinski definition) is 1. The van der Waals surface area contributed by atoms with Crippen molar-refractivity contribution < 1.29 is 19.4 Å². The fourth-order valence-electron chi connectivity index (χ4n) is 1.88. The molecule has 1 atom stereocenters. The topological polar surface area (TPSA) is 66.8 Å². The van der Waals surface area contributed by atoms with Crippen LogP contribution >= 0.6 is 23.2 Å². The van der Waals surface area contributed by atoms with Crippen LogP contribution < -0.4 is 4.74 Å². The minimum absolute atomic E-state index is 0.218. The fourth-order valence-corrected chi connectivity index (χ4v) is 2.34. The molecule has 0 saturated carbocycles. The molecule has 1 N–H and O–H groups in total. The Morgan fingerprint density at radius 2 is 2.05 bits per heavy atom. The third-order valence-corrected chi connectivity index (χ3v) is 3.62. The van der Waals surface area contributed by atoms with E-state index in [0.717, 1.165) is 0 Å². The first kappa shape index (κ1) is 14.9. The molecule has 0 aliphatic carbocycles. The molecule has 1 heterocycles. The summed E-state index contributed by atoms with van der Waals surface area (Å²) in [6.45, 7) is 2.04. The predicted molar refractivity (Wildman–Crippen MR) is 74.3 cm³/mol. The maximum Gasteiger partial charge on any atom is 0.310 e. The van der Waals surface area contributed by atoms with E-state index in [1.165, 1.54) is 11.0 Å². The maximum atomic E-state index is 12.0. The largest absolute Gasteiger partial charge is 0.481 e. The van der Waals surface area contributed by atoms with E-state index in [9.17, 15) is 9.59 Å². The standard InChI is InChI=1S/C13H13Cl2NO4/c1-7(12(17)16-5-8(6-16)13(18)19)20-11-3-2-9(14)4-10(11)15/h2-4,7-8H,5-6H2,1H3,(H,18,19). The number of amides is 1. The van der Waals surface area contributed by atoms with Crippen LogP contribution in [0.4, 0.5) is 0 Å². The normalized spacial score (nSPS) is 16.4. The Labute approximate surface area is 126 Å². The van der Waals surface area contributed by atoms with Crippen LogP contribution in [0.2, 0.25) is 10.0 Å². The summed E-state index contributed by atoms with van der Waals surface area (Å²) in [5.41, 5.74) is 0. The minimum atomic E-state index is -0.886. The zero-order valence-electron chi connectivity index (χ0n) is 10.7. The Morgan fingerprint density at radius 3 is 2.60 bits per heavy atom. The molecule has 5 nitrogen and oxygen atoms in total. The number of halogens is 2. The second-order valence-electron chi connectivity index (χ2n) is 4.61. The van der Waals surface area contributed by atoms with Crippen LogP contribution in [0, 0.1) is 5.92 Å². The van der Waals surface area contributed by atoms with Crippen LogP contribution in [0.1, 0.15) is 6.92 Å². The predicted octanol–water partition coefficient (Wildman–Crippen LogP) is 2.30. The van der Waals surface area contributed by atoms with E-state index in [1.54, 1.807) is 19.1 Å². The summed E-state index contributed by atoms with van der Waals surface area (Å²) in [6, 6.07) is 4.73. The van der Waals surface area contributed by atoms with Gasteiger partial charge in [0.25, 0.3) is 5.91 Å². The molecule has 1 aromatic rings.